The normalized spacial score (nSPS) is 22.1. The molecule has 1 aromatic heterocycles. The van der Waals surface area contributed by atoms with Crippen molar-refractivity contribution in [3.63, 3.8) is 0 Å². The fourth-order valence-corrected chi connectivity index (χ4v) is 5.19. The number of carbonyl (C=O) groups is 1. The monoisotopic (exact) mass is 437 g/mol. The summed E-state index contributed by atoms with van der Waals surface area (Å²) in [5, 5.41) is 3.46. The number of hydrogen-bond acceptors (Lipinski definition) is 7. The standard InChI is InChI=1S/C24H31N5O3/c1-16-12-17(2)27-23(26-16)28-8-6-24(7-9-28)22(30)29(10-11-32-24)15-18-14-25-21-5-4-19(31-3)13-20(18)21/h4-5,12-13,18,25H,6-11,14-15H2,1-3H3. The largest absolute Gasteiger partial charge is 0.497 e. The van der Waals surface area contributed by atoms with E-state index < -0.39 is 5.60 Å². The Morgan fingerprint density at radius 1 is 1.16 bits per heavy atom. The Morgan fingerprint density at radius 2 is 1.91 bits per heavy atom. The van der Waals surface area contributed by atoms with Gasteiger partial charge in [0.1, 0.15) is 11.4 Å². The van der Waals surface area contributed by atoms with E-state index in [4.69, 9.17) is 9.47 Å². The average Bonchev–Trinajstić information content (AvgIpc) is 3.19. The van der Waals surface area contributed by atoms with Crippen molar-refractivity contribution in [2.45, 2.75) is 38.2 Å². The molecule has 1 unspecified atom stereocenters. The van der Waals surface area contributed by atoms with E-state index in [0.717, 1.165) is 35.3 Å². The first-order valence-electron chi connectivity index (χ1n) is 11.4. The smallest absolute Gasteiger partial charge is 0.255 e. The summed E-state index contributed by atoms with van der Waals surface area (Å²) >= 11 is 0. The van der Waals surface area contributed by atoms with Gasteiger partial charge in [-0.1, -0.05) is 0 Å². The van der Waals surface area contributed by atoms with Gasteiger partial charge in [0.05, 0.1) is 13.7 Å². The van der Waals surface area contributed by atoms with Gasteiger partial charge in [-0.25, -0.2) is 9.97 Å². The fourth-order valence-electron chi connectivity index (χ4n) is 5.19. The molecule has 3 aliphatic rings. The second-order valence-electron chi connectivity index (χ2n) is 9.06. The van der Waals surface area contributed by atoms with Crippen molar-refractivity contribution in [3.8, 4) is 5.75 Å². The van der Waals surface area contributed by atoms with Gasteiger partial charge < -0.3 is 24.6 Å². The fraction of sp³-hybridized carbons (Fsp3) is 0.542. The SMILES string of the molecule is COc1ccc2c(c1)C(CN1CCOC3(CCN(c4nc(C)cc(C)n4)CC3)C1=O)CN2. The summed E-state index contributed by atoms with van der Waals surface area (Å²) in [4.78, 5) is 26.9. The maximum Gasteiger partial charge on any atom is 0.255 e. The van der Waals surface area contributed by atoms with E-state index in [-0.39, 0.29) is 11.8 Å². The van der Waals surface area contributed by atoms with Gasteiger partial charge in [0, 0.05) is 68.6 Å². The Kier molecular flexibility index (Phi) is 5.41. The number of piperidine rings is 1. The number of aromatic nitrogens is 2. The highest BCUT2D eigenvalue weighted by atomic mass is 16.5. The Balaban J connectivity index is 1.27. The van der Waals surface area contributed by atoms with Crippen molar-refractivity contribution in [3.05, 3.63) is 41.2 Å². The van der Waals surface area contributed by atoms with Crippen LogP contribution in [-0.2, 0) is 9.53 Å². The number of methoxy groups -OCH3 is 1. The highest BCUT2D eigenvalue weighted by Crippen LogP contribution is 2.37. The van der Waals surface area contributed by atoms with Crippen molar-refractivity contribution in [1.82, 2.24) is 14.9 Å². The third-order valence-corrected chi connectivity index (χ3v) is 6.92. The molecule has 1 N–H and O–H groups in total. The number of ether oxygens (including phenoxy) is 2. The zero-order valence-electron chi connectivity index (χ0n) is 19.1. The molecule has 4 heterocycles. The highest BCUT2D eigenvalue weighted by molar-refractivity contribution is 5.86. The average molecular weight is 438 g/mol. The van der Waals surface area contributed by atoms with Gasteiger partial charge in [-0.05, 0) is 43.7 Å². The molecule has 2 aromatic rings. The summed E-state index contributed by atoms with van der Waals surface area (Å²) in [6.07, 6.45) is 1.32. The van der Waals surface area contributed by atoms with E-state index in [1.165, 1.54) is 5.56 Å². The summed E-state index contributed by atoms with van der Waals surface area (Å²) in [5.74, 6) is 1.98. The Bertz CT molecular complexity index is 998. The predicted molar refractivity (Wildman–Crippen MR) is 122 cm³/mol. The van der Waals surface area contributed by atoms with Crippen molar-refractivity contribution in [2.75, 3.05) is 56.7 Å². The molecule has 1 aromatic carbocycles. The second-order valence-corrected chi connectivity index (χ2v) is 9.06. The van der Waals surface area contributed by atoms with Crippen LogP contribution in [0.2, 0.25) is 0 Å². The minimum absolute atomic E-state index is 0.126. The summed E-state index contributed by atoms with van der Waals surface area (Å²) in [7, 11) is 1.68. The lowest BCUT2D eigenvalue weighted by atomic mass is 9.88. The number of fused-ring (bicyclic) bond motifs is 1. The maximum absolute atomic E-state index is 13.6. The zero-order chi connectivity index (χ0) is 22.3. The molecular formula is C24H31N5O3. The number of nitrogens with zero attached hydrogens (tertiary/aromatic N) is 4. The number of carbonyl (C=O) groups excluding carboxylic acids is 1. The molecule has 3 aliphatic heterocycles. The van der Waals surface area contributed by atoms with Crippen molar-refractivity contribution in [1.29, 1.82) is 0 Å². The molecule has 2 saturated heterocycles. The van der Waals surface area contributed by atoms with Crippen LogP contribution in [0.3, 0.4) is 0 Å². The van der Waals surface area contributed by atoms with Crippen LogP contribution in [-0.4, -0.2) is 72.8 Å². The third kappa shape index (κ3) is 3.77. The first-order chi connectivity index (χ1) is 15.5. The molecule has 8 nitrogen and oxygen atoms in total. The minimum atomic E-state index is -0.725. The van der Waals surface area contributed by atoms with E-state index in [0.29, 0.717) is 45.6 Å². The van der Waals surface area contributed by atoms with Crippen LogP contribution in [0.1, 0.15) is 35.7 Å². The van der Waals surface area contributed by atoms with Crippen LogP contribution in [0.15, 0.2) is 24.3 Å². The number of aryl methyl sites for hydroxylation is 2. The number of amides is 1. The summed E-state index contributed by atoms with van der Waals surface area (Å²) in [6.45, 7) is 8.15. The van der Waals surface area contributed by atoms with Gasteiger partial charge in [0.2, 0.25) is 5.95 Å². The van der Waals surface area contributed by atoms with Gasteiger partial charge in [0.15, 0.2) is 0 Å². The van der Waals surface area contributed by atoms with Gasteiger partial charge in [-0.2, -0.15) is 0 Å². The number of anilines is 2. The van der Waals surface area contributed by atoms with Crippen LogP contribution in [0.25, 0.3) is 0 Å². The van der Waals surface area contributed by atoms with Gasteiger partial charge in [-0.15, -0.1) is 0 Å². The molecule has 2 fully saturated rings. The number of rotatable bonds is 4. The Hall–Kier alpha value is -2.87. The highest BCUT2D eigenvalue weighted by Gasteiger charge is 2.48. The quantitative estimate of drug-likeness (QED) is 0.787. The van der Waals surface area contributed by atoms with Crippen LogP contribution in [0.4, 0.5) is 11.6 Å². The zero-order valence-corrected chi connectivity index (χ0v) is 19.1. The van der Waals surface area contributed by atoms with Crippen LogP contribution in [0.5, 0.6) is 5.75 Å². The van der Waals surface area contributed by atoms with Crippen LogP contribution >= 0.6 is 0 Å². The second kappa shape index (κ2) is 8.24. The molecule has 0 radical (unpaired) electrons. The van der Waals surface area contributed by atoms with Crippen LogP contribution < -0.4 is 15.0 Å². The van der Waals surface area contributed by atoms with E-state index in [9.17, 15) is 4.79 Å². The number of hydrogen-bond donors (Lipinski definition) is 1. The van der Waals surface area contributed by atoms with Crippen molar-refractivity contribution < 1.29 is 14.3 Å². The Labute approximate surface area is 188 Å². The molecule has 0 bridgehead atoms. The van der Waals surface area contributed by atoms with E-state index in [1.54, 1.807) is 7.11 Å². The molecule has 8 heteroatoms. The Morgan fingerprint density at radius 3 is 2.62 bits per heavy atom. The molecule has 5 rings (SSSR count). The van der Waals surface area contributed by atoms with Crippen LogP contribution in [0, 0.1) is 13.8 Å². The first-order valence-corrected chi connectivity index (χ1v) is 11.4. The molecule has 32 heavy (non-hydrogen) atoms. The topological polar surface area (TPSA) is 79.8 Å². The van der Waals surface area contributed by atoms with Gasteiger partial charge >= 0.3 is 0 Å². The number of morpholine rings is 1. The molecular weight excluding hydrogens is 406 g/mol. The van der Waals surface area contributed by atoms with E-state index in [2.05, 4.69) is 32.3 Å². The minimum Gasteiger partial charge on any atom is -0.497 e. The number of benzene rings is 1. The lowest BCUT2D eigenvalue weighted by Gasteiger charge is -2.46. The molecule has 1 spiro atoms. The molecule has 0 saturated carbocycles. The molecule has 170 valence electrons. The first kappa shape index (κ1) is 21.0. The lowest BCUT2D eigenvalue weighted by Crippen LogP contribution is -2.61. The summed E-state index contributed by atoms with van der Waals surface area (Å²) in [5.41, 5.74) is 3.56. The molecule has 1 atom stereocenters. The van der Waals surface area contributed by atoms with Crippen molar-refractivity contribution in [2.24, 2.45) is 0 Å². The number of nitrogens with one attached hydrogen (secondary N) is 1. The van der Waals surface area contributed by atoms with Crippen molar-refractivity contribution >= 4 is 17.5 Å². The lowest BCUT2D eigenvalue weighted by molar-refractivity contribution is -0.175. The van der Waals surface area contributed by atoms with Gasteiger partial charge in [-0.3, -0.25) is 4.79 Å². The summed E-state index contributed by atoms with van der Waals surface area (Å²) in [6, 6.07) is 8.09. The van der Waals surface area contributed by atoms with Gasteiger partial charge in [0.25, 0.3) is 5.91 Å². The van der Waals surface area contributed by atoms with E-state index >= 15 is 0 Å². The molecule has 1 amide bonds. The third-order valence-electron chi connectivity index (χ3n) is 6.92. The maximum atomic E-state index is 13.6. The molecule has 0 aliphatic carbocycles. The summed E-state index contributed by atoms with van der Waals surface area (Å²) < 4.78 is 11.6. The van der Waals surface area contributed by atoms with E-state index in [1.807, 2.05) is 30.9 Å². The predicted octanol–water partition coefficient (Wildman–Crippen LogP) is 2.51.